The van der Waals surface area contributed by atoms with Crippen LogP contribution >= 0.6 is 0 Å². The molecule has 0 radical (unpaired) electrons. The number of hydrogen-bond acceptors (Lipinski definition) is 6. The van der Waals surface area contributed by atoms with Gasteiger partial charge in [0.05, 0.1) is 17.4 Å². The first-order chi connectivity index (χ1) is 19.5. The van der Waals surface area contributed by atoms with E-state index in [1.165, 1.54) is 24.3 Å². The number of anilines is 2. The zero-order valence-corrected chi connectivity index (χ0v) is 21.5. The molecule has 0 bridgehead atoms. The van der Waals surface area contributed by atoms with E-state index in [0.29, 0.717) is 39.9 Å². The van der Waals surface area contributed by atoms with Gasteiger partial charge in [0.15, 0.2) is 0 Å². The van der Waals surface area contributed by atoms with Crippen molar-refractivity contribution in [2.24, 2.45) is 0 Å². The summed E-state index contributed by atoms with van der Waals surface area (Å²) in [6, 6.07) is 28.4. The van der Waals surface area contributed by atoms with Crippen molar-refractivity contribution < 1.29 is 27.9 Å². The number of hydrogen-bond donors (Lipinski definition) is 2. The Morgan fingerprint density at radius 2 is 1.57 bits per heavy atom. The Kier molecular flexibility index (Phi) is 7.75. The minimum Gasteiger partial charge on any atom is -0.488 e. The summed E-state index contributed by atoms with van der Waals surface area (Å²) in [7, 11) is 0. The highest BCUT2D eigenvalue weighted by atomic mass is 19.1. The summed E-state index contributed by atoms with van der Waals surface area (Å²) < 4.78 is 30.8. The fourth-order valence-corrected chi connectivity index (χ4v) is 4.12. The quantitative estimate of drug-likeness (QED) is 0.0924. The van der Waals surface area contributed by atoms with Crippen LogP contribution in [0.5, 0.6) is 11.5 Å². The molecule has 1 atom stereocenters. The molecule has 0 aliphatic carbocycles. The van der Waals surface area contributed by atoms with Gasteiger partial charge in [0, 0.05) is 10.9 Å². The number of nitrogens with zero attached hydrogens (tertiary/aromatic N) is 1. The predicted octanol–water partition coefficient (Wildman–Crippen LogP) is 5.99. The molecule has 5 rings (SSSR count). The molecule has 0 spiro atoms. The molecule has 3 N–H and O–H groups in total. The average Bonchev–Trinajstić information content (AvgIpc) is 3.42. The van der Waals surface area contributed by atoms with Gasteiger partial charge in [-0.15, -0.1) is 0 Å². The number of halogens is 1. The summed E-state index contributed by atoms with van der Waals surface area (Å²) in [6.45, 7) is 0.217. The second-order valence-electron chi connectivity index (χ2n) is 9.13. The number of para-hydroxylation sites is 3. The van der Waals surface area contributed by atoms with Gasteiger partial charge in [-0.05, 0) is 66.7 Å². The van der Waals surface area contributed by atoms with Crippen LogP contribution in [0.15, 0.2) is 108 Å². The van der Waals surface area contributed by atoms with E-state index in [2.05, 4.69) is 5.32 Å². The van der Waals surface area contributed by atoms with E-state index in [-0.39, 0.29) is 36.1 Å². The minimum absolute atomic E-state index is 0.0972. The van der Waals surface area contributed by atoms with E-state index in [1.54, 1.807) is 54.6 Å². The van der Waals surface area contributed by atoms with E-state index >= 15 is 0 Å². The zero-order chi connectivity index (χ0) is 28.0. The van der Waals surface area contributed by atoms with Crippen LogP contribution in [0.3, 0.4) is 0 Å². The Labute approximate surface area is 229 Å². The molecule has 40 heavy (non-hydrogen) atoms. The number of furan rings is 1. The SMILES string of the molecule is Nc1ccccc1NC(=O)c1ccc(OCC[N+](C=O)(COc2ccc(F)cc2)c2cc3ccccc3o2)cc1. The average molecular weight is 541 g/mol. The number of ether oxygens (including phenoxy) is 2. The lowest BCUT2D eigenvalue weighted by atomic mass is 10.2. The second kappa shape index (κ2) is 11.7. The Bertz CT molecular complexity index is 1590. The minimum atomic E-state index is -0.387. The number of amides is 2. The van der Waals surface area contributed by atoms with Crippen molar-refractivity contribution in [2.75, 3.05) is 30.9 Å². The van der Waals surface area contributed by atoms with Crippen molar-refractivity contribution in [1.29, 1.82) is 0 Å². The molecule has 0 aliphatic rings. The number of carbonyl (C=O) groups is 2. The predicted molar refractivity (Wildman–Crippen MR) is 152 cm³/mol. The van der Waals surface area contributed by atoms with Crippen LogP contribution in [0.25, 0.3) is 11.0 Å². The number of carbonyl (C=O) groups excluding carboxylic acids is 2. The first-order valence-electron chi connectivity index (χ1n) is 12.6. The van der Waals surface area contributed by atoms with Crippen molar-refractivity contribution in [3.63, 3.8) is 0 Å². The van der Waals surface area contributed by atoms with E-state index in [1.807, 2.05) is 24.3 Å². The third-order valence-electron chi connectivity index (χ3n) is 6.41. The topological polar surface area (TPSA) is 104 Å². The monoisotopic (exact) mass is 540 g/mol. The van der Waals surface area contributed by atoms with Crippen molar-refractivity contribution in [3.8, 4) is 11.5 Å². The standard InChI is InChI=1S/C31H26FN3O5/c32-24-11-15-26(16-12-24)39-21-35(20-36,30-19-23-5-1-4-8-29(23)40-30)17-18-38-25-13-9-22(10-14-25)31(37)34-28-7-3-2-6-27(28)33/h1-16,19-20H,17-18,21,33H2/p+1. The van der Waals surface area contributed by atoms with Crippen LogP contribution in [0, 0.1) is 5.82 Å². The van der Waals surface area contributed by atoms with Crippen LogP contribution in [-0.4, -0.2) is 32.2 Å². The number of nitrogens with one attached hydrogen (secondary N) is 1. The van der Waals surface area contributed by atoms with Crippen molar-refractivity contribution in [2.45, 2.75) is 0 Å². The van der Waals surface area contributed by atoms with E-state index in [9.17, 15) is 14.0 Å². The van der Waals surface area contributed by atoms with Crippen molar-refractivity contribution >= 4 is 40.5 Å². The Balaban J connectivity index is 1.28. The van der Waals surface area contributed by atoms with Gasteiger partial charge in [0.1, 0.15) is 36.1 Å². The molecular formula is C31H27FN3O5+. The van der Waals surface area contributed by atoms with E-state index in [0.717, 1.165) is 11.8 Å². The van der Waals surface area contributed by atoms with E-state index in [4.69, 9.17) is 19.6 Å². The lowest BCUT2D eigenvalue weighted by molar-refractivity contribution is -0.121. The van der Waals surface area contributed by atoms with E-state index < -0.39 is 0 Å². The molecular weight excluding hydrogens is 513 g/mol. The largest absolute Gasteiger partial charge is 0.488 e. The zero-order valence-electron chi connectivity index (χ0n) is 21.5. The van der Waals surface area contributed by atoms with Gasteiger partial charge >= 0.3 is 12.3 Å². The normalized spacial score (nSPS) is 12.4. The summed E-state index contributed by atoms with van der Waals surface area (Å²) in [6.07, 6.45) is 0.743. The molecule has 9 heteroatoms. The molecule has 5 aromatic rings. The Morgan fingerprint density at radius 1 is 0.900 bits per heavy atom. The number of quaternary nitrogens is 1. The smallest absolute Gasteiger partial charge is 0.312 e. The number of benzene rings is 4. The molecule has 8 nitrogen and oxygen atoms in total. The van der Waals surface area contributed by atoms with Crippen LogP contribution in [0.2, 0.25) is 0 Å². The third kappa shape index (κ3) is 5.95. The molecule has 1 heterocycles. The lowest BCUT2D eigenvalue weighted by Gasteiger charge is -2.28. The first-order valence-corrected chi connectivity index (χ1v) is 12.6. The molecule has 0 fully saturated rings. The van der Waals surface area contributed by atoms with Crippen LogP contribution in [0.4, 0.5) is 21.6 Å². The van der Waals surface area contributed by atoms with Gasteiger partial charge in [-0.2, -0.15) is 4.48 Å². The number of fused-ring (bicyclic) bond motifs is 1. The maximum Gasteiger partial charge on any atom is 0.312 e. The molecule has 1 unspecified atom stereocenters. The van der Waals surface area contributed by atoms with Crippen LogP contribution in [-0.2, 0) is 4.79 Å². The highest BCUT2D eigenvalue weighted by Crippen LogP contribution is 2.30. The first kappa shape index (κ1) is 26.5. The lowest BCUT2D eigenvalue weighted by Crippen LogP contribution is -2.53. The maximum atomic E-state index is 13.3. The molecule has 0 saturated heterocycles. The summed E-state index contributed by atoms with van der Waals surface area (Å²) in [4.78, 5) is 25.2. The van der Waals surface area contributed by atoms with Crippen molar-refractivity contribution in [1.82, 2.24) is 4.48 Å². The number of nitrogen functional groups attached to an aromatic ring is 1. The molecule has 202 valence electrons. The molecule has 0 saturated carbocycles. The van der Waals surface area contributed by atoms with Gasteiger partial charge in [-0.1, -0.05) is 30.3 Å². The molecule has 0 aliphatic heterocycles. The van der Waals surface area contributed by atoms with Crippen LogP contribution in [0.1, 0.15) is 10.4 Å². The van der Waals surface area contributed by atoms with Gasteiger partial charge in [0.25, 0.3) is 5.91 Å². The highest BCUT2D eigenvalue weighted by molar-refractivity contribution is 6.05. The summed E-state index contributed by atoms with van der Waals surface area (Å²) in [5.41, 5.74) is 7.98. The summed E-state index contributed by atoms with van der Waals surface area (Å²) >= 11 is 0. The van der Waals surface area contributed by atoms with Crippen LogP contribution < -0.4 is 25.0 Å². The third-order valence-corrected chi connectivity index (χ3v) is 6.41. The highest BCUT2D eigenvalue weighted by Gasteiger charge is 2.36. The Morgan fingerprint density at radius 3 is 2.30 bits per heavy atom. The second-order valence-corrected chi connectivity index (χ2v) is 9.13. The maximum absolute atomic E-state index is 13.3. The summed E-state index contributed by atoms with van der Waals surface area (Å²) in [5.74, 6) is 0.623. The Hall–Kier alpha value is -5.15. The van der Waals surface area contributed by atoms with Gasteiger partial charge in [-0.3, -0.25) is 4.79 Å². The fraction of sp³-hybridized carbons (Fsp3) is 0.0968. The van der Waals surface area contributed by atoms with Gasteiger partial charge in [-0.25, -0.2) is 9.18 Å². The molecule has 4 aromatic carbocycles. The van der Waals surface area contributed by atoms with Crippen molar-refractivity contribution in [3.05, 3.63) is 115 Å². The molecule has 2 amide bonds. The van der Waals surface area contributed by atoms with Gasteiger partial charge < -0.3 is 24.9 Å². The number of rotatable bonds is 11. The fourth-order valence-electron chi connectivity index (χ4n) is 4.12. The molecule has 1 aromatic heterocycles. The van der Waals surface area contributed by atoms with Gasteiger partial charge in [0.2, 0.25) is 6.73 Å². The number of nitrogens with two attached hydrogens (primary N) is 1. The summed E-state index contributed by atoms with van der Waals surface area (Å²) in [5, 5.41) is 3.63.